The lowest BCUT2D eigenvalue weighted by atomic mass is 10.0. The van der Waals surface area contributed by atoms with E-state index < -0.39 is 12.1 Å². The van der Waals surface area contributed by atoms with Crippen LogP contribution in [0.15, 0.2) is 24.3 Å². The van der Waals surface area contributed by atoms with Crippen LogP contribution in [0, 0.1) is 0 Å². The molecule has 100 valence electrons. The second kappa shape index (κ2) is 4.76. The normalized spacial score (nSPS) is 16.4. The monoisotopic (exact) mass is 262 g/mol. The average Bonchev–Trinajstić information content (AvgIpc) is 2.78. The van der Waals surface area contributed by atoms with Crippen molar-refractivity contribution in [3.05, 3.63) is 35.4 Å². The van der Waals surface area contributed by atoms with Gasteiger partial charge in [0.25, 0.3) is 0 Å². The van der Waals surface area contributed by atoms with Crippen LogP contribution in [0.3, 0.4) is 0 Å². The molecule has 0 saturated heterocycles. The quantitative estimate of drug-likeness (QED) is 0.509. The van der Waals surface area contributed by atoms with Crippen LogP contribution in [0.5, 0.6) is 11.5 Å². The third kappa shape index (κ3) is 2.31. The van der Waals surface area contributed by atoms with Crippen molar-refractivity contribution in [1.82, 2.24) is 0 Å². The molecule has 0 aromatic heterocycles. The molecule has 0 amide bonds. The number of hydrogen-bond donors (Lipinski definition) is 1. The third-order valence-electron chi connectivity index (χ3n) is 3.07. The standard InChI is InChI=1S/C14H14O5/c1-7(14(17)18-3)12-5-9-4-11(16)10(8(2)15)6-13(9)19-12/h4,6,12,16H,1,5H2,2-3H3/t12-/m0/s1. The molecule has 1 heterocycles. The third-order valence-corrected chi connectivity index (χ3v) is 3.07. The van der Waals surface area contributed by atoms with Crippen molar-refractivity contribution in [2.75, 3.05) is 7.11 Å². The summed E-state index contributed by atoms with van der Waals surface area (Å²) in [6, 6.07) is 2.97. The molecule has 1 aliphatic rings. The molecule has 5 nitrogen and oxygen atoms in total. The maximum Gasteiger partial charge on any atom is 0.336 e. The zero-order valence-electron chi connectivity index (χ0n) is 10.7. The van der Waals surface area contributed by atoms with Gasteiger partial charge in [-0.3, -0.25) is 4.79 Å². The number of aromatic hydroxyl groups is 1. The minimum Gasteiger partial charge on any atom is -0.507 e. The van der Waals surface area contributed by atoms with Gasteiger partial charge in [0.15, 0.2) is 5.78 Å². The van der Waals surface area contributed by atoms with Gasteiger partial charge >= 0.3 is 5.97 Å². The van der Waals surface area contributed by atoms with Crippen molar-refractivity contribution >= 4 is 11.8 Å². The number of fused-ring (bicyclic) bond motifs is 1. The zero-order valence-corrected chi connectivity index (χ0v) is 10.7. The number of ether oxygens (including phenoxy) is 2. The molecule has 0 saturated carbocycles. The molecule has 0 radical (unpaired) electrons. The molecule has 1 aromatic carbocycles. The maximum absolute atomic E-state index is 11.4. The van der Waals surface area contributed by atoms with Gasteiger partial charge in [-0.2, -0.15) is 0 Å². The van der Waals surface area contributed by atoms with E-state index in [1.54, 1.807) is 0 Å². The summed E-state index contributed by atoms with van der Waals surface area (Å²) in [5.74, 6) is -0.384. The number of carbonyl (C=O) groups is 2. The smallest absolute Gasteiger partial charge is 0.336 e. The van der Waals surface area contributed by atoms with Gasteiger partial charge in [-0.1, -0.05) is 6.58 Å². The molecule has 0 aliphatic carbocycles. The number of ketones is 1. The van der Waals surface area contributed by atoms with Gasteiger partial charge in [-0.15, -0.1) is 0 Å². The summed E-state index contributed by atoms with van der Waals surface area (Å²) in [5, 5.41) is 9.73. The highest BCUT2D eigenvalue weighted by Crippen LogP contribution is 2.36. The number of benzene rings is 1. The topological polar surface area (TPSA) is 72.8 Å². The average molecular weight is 262 g/mol. The van der Waals surface area contributed by atoms with Crippen LogP contribution in [-0.2, 0) is 16.0 Å². The summed E-state index contributed by atoms with van der Waals surface area (Å²) in [7, 11) is 1.27. The maximum atomic E-state index is 11.4. The lowest BCUT2D eigenvalue weighted by Crippen LogP contribution is -2.22. The van der Waals surface area contributed by atoms with Gasteiger partial charge in [0.05, 0.1) is 18.2 Å². The number of hydrogen-bond acceptors (Lipinski definition) is 5. The summed E-state index contributed by atoms with van der Waals surface area (Å²) >= 11 is 0. The summed E-state index contributed by atoms with van der Waals surface area (Å²) in [6.07, 6.45) is -0.112. The minimum atomic E-state index is -0.534. The number of esters is 1. The number of phenols is 1. The Bertz CT molecular complexity index is 573. The summed E-state index contributed by atoms with van der Waals surface area (Å²) in [6.45, 7) is 5.00. The van der Waals surface area contributed by atoms with Crippen molar-refractivity contribution in [2.24, 2.45) is 0 Å². The van der Waals surface area contributed by atoms with Crippen molar-refractivity contribution in [1.29, 1.82) is 0 Å². The highest BCUT2D eigenvalue weighted by atomic mass is 16.5. The Kier molecular flexibility index (Phi) is 3.29. The molecule has 1 aliphatic heterocycles. The van der Waals surface area contributed by atoms with Gasteiger partial charge in [-0.05, 0) is 19.1 Å². The Morgan fingerprint density at radius 1 is 1.47 bits per heavy atom. The molecule has 2 rings (SSSR count). The van der Waals surface area contributed by atoms with Crippen molar-refractivity contribution in [3.63, 3.8) is 0 Å². The van der Waals surface area contributed by atoms with Crippen molar-refractivity contribution < 1.29 is 24.2 Å². The van der Waals surface area contributed by atoms with Crippen LogP contribution in [0.1, 0.15) is 22.8 Å². The highest BCUT2D eigenvalue weighted by Gasteiger charge is 2.30. The van der Waals surface area contributed by atoms with Crippen molar-refractivity contribution in [2.45, 2.75) is 19.4 Å². The highest BCUT2D eigenvalue weighted by molar-refractivity contribution is 5.97. The van der Waals surface area contributed by atoms with Crippen LogP contribution in [0.25, 0.3) is 0 Å². The second-order valence-corrected chi connectivity index (χ2v) is 4.36. The minimum absolute atomic E-state index is 0.0841. The Balaban J connectivity index is 2.28. The molecule has 5 heteroatoms. The number of rotatable bonds is 3. The lowest BCUT2D eigenvalue weighted by Gasteiger charge is -2.11. The first-order chi connectivity index (χ1) is 8.93. The first kappa shape index (κ1) is 13.1. The number of phenolic OH excluding ortho intramolecular Hbond substituents is 1. The van der Waals surface area contributed by atoms with Crippen LogP contribution < -0.4 is 4.74 Å². The summed E-state index contributed by atoms with van der Waals surface area (Å²) < 4.78 is 10.2. The van der Waals surface area contributed by atoms with E-state index in [0.717, 1.165) is 5.56 Å². The van der Waals surface area contributed by atoms with E-state index in [-0.39, 0.29) is 22.7 Å². The van der Waals surface area contributed by atoms with E-state index in [1.807, 2.05) is 0 Å². The van der Waals surface area contributed by atoms with Gasteiger partial charge in [-0.25, -0.2) is 4.79 Å². The number of carbonyl (C=O) groups excluding carboxylic acids is 2. The van der Waals surface area contributed by atoms with Crippen LogP contribution in [0.4, 0.5) is 0 Å². The van der Waals surface area contributed by atoms with Crippen molar-refractivity contribution in [3.8, 4) is 11.5 Å². The molecule has 19 heavy (non-hydrogen) atoms. The number of methoxy groups -OCH3 is 1. The predicted molar refractivity (Wildman–Crippen MR) is 67.4 cm³/mol. The SMILES string of the molecule is C=C(C(=O)OC)[C@@H]1Cc2cc(O)c(C(C)=O)cc2O1. The molecule has 0 fully saturated rings. The molecular formula is C14H14O5. The molecule has 1 N–H and O–H groups in total. The predicted octanol–water partition coefficient (Wildman–Crippen LogP) is 1.63. The van der Waals surface area contributed by atoms with Gasteiger partial charge in [0.2, 0.25) is 0 Å². The van der Waals surface area contributed by atoms with Crippen LogP contribution in [-0.4, -0.2) is 30.1 Å². The fraction of sp³-hybridized carbons (Fsp3) is 0.286. The largest absolute Gasteiger partial charge is 0.507 e. The van der Waals surface area contributed by atoms with E-state index in [2.05, 4.69) is 11.3 Å². The lowest BCUT2D eigenvalue weighted by molar-refractivity contribution is -0.136. The molecule has 0 spiro atoms. The first-order valence-corrected chi connectivity index (χ1v) is 5.74. The van der Waals surface area contributed by atoms with Crippen LogP contribution >= 0.6 is 0 Å². The van der Waals surface area contributed by atoms with Gasteiger partial charge in [0, 0.05) is 12.0 Å². The first-order valence-electron chi connectivity index (χ1n) is 5.74. The Morgan fingerprint density at radius 2 is 2.16 bits per heavy atom. The molecule has 0 bridgehead atoms. The molecular weight excluding hydrogens is 248 g/mol. The fourth-order valence-electron chi connectivity index (χ4n) is 2.01. The fourth-order valence-corrected chi connectivity index (χ4v) is 2.01. The Morgan fingerprint density at radius 3 is 2.74 bits per heavy atom. The van der Waals surface area contributed by atoms with E-state index in [1.165, 1.54) is 26.2 Å². The Hall–Kier alpha value is -2.30. The summed E-state index contributed by atoms with van der Waals surface area (Å²) in [4.78, 5) is 22.7. The van der Waals surface area contributed by atoms with Gasteiger partial charge < -0.3 is 14.6 Å². The molecule has 1 aromatic rings. The number of Topliss-reactive ketones (excluding diaryl/α,β-unsaturated/α-hetero) is 1. The Labute approximate surface area is 110 Å². The van der Waals surface area contributed by atoms with E-state index in [4.69, 9.17) is 4.74 Å². The van der Waals surface area contributed by atoms with Crippen LogP contribution in [0.2, 0.25) is 0 Å². The zero-order chi connectivity index (χ0) is 14.2. The van der Waals surface area contributed by atoms with E-state index >= 15 is 0 Å². The second-order valence-electron chi connectivity index (χ2n) is 4.36. The van der Waals surface area contributed by atoms with E-state index in [0.29, 0.717) is 12.2 Å². The van der Waals surface area contributed by atoms with E-state index in [9.17, 15) is 14.7 Å². The molecule has 1 atom stereocenters. The summed E-state index contributed by atoms with van der Waals surface area (Å²) in [5.41, 5.74) is 1.14. The van der Waals surface area contributed by atoms with Gasteiger partial charge in [0.1, 0.15) is 17.6 Å². The molecule has 0 unspecified atom stereocenters.